The molecule has 4 heteroatoms. The van der Waals surface area contributed by atoms with Crippen LogP contribution in [0.2, 0.25) is 0 Å². The first kappa shape index (κ1) is 13.3. The Morgan fingerprint density at radius 3 is 2.88 bits per heavy atom. The molecule has 1 aromatic rings. The standard InChI is InChI=1S/C12H17BrN2O/c1-9(2)8-14-7-6-11(16)10-4-3-5-12(13)15-10/h3-5,9,14H,6-8H2,1-2H3. The van der Waals surface area contributed by atoms with Gasteiger partial charge in [-0.05, 0) is 40.5 Å². The Morgan fingerprint density at radius 1 is 1.50 bits per heavy atom. The van der Waals surface area contributed by atoms with Crippen molar-refractivity contribution in [2.45, 2.75) is 20.3 Å². The van der Waals surface area contributed by atoms with Gasteiger partial charge < -0.3 is 5.32 Å². The predicted octanol–water partition coefficient (Wildman–Crippen LogP) is 2.66. The van der Waals surface area contributed by atoms with Gasteiger partial charge in [-0.25, -0.2) is 4.98 Å². The lowest BCUT2D eigenvalue weighted by Crippen LogP contribution is -2.23. The summed E-state index contributed by atoms with van der Waals surface area (Å²) in [5.41, 5.74) is 0.528. The zero-order chi connectivity index (χ0) is 12.0. The molecule has 1 rings (SSSR count). The molecule has 0 spiro atoms. The third kappa shape index (κ3) is 4.86. The number of nitrogens with one attached hydrogen (secondary N) is 1. The van der Waals surface area contributed by atoms with E-state index in [1.165, 1.54) is 0 Å². The average molecular weight is 285 g/mol. The fraction of sp³-hybridized carbons (Fsp3) is 0.500. The summed E-state index contributed by atoms with van der Waals surface area (Å²) in [5, 5.41) is 3.24. The van der Waals surface area contributed by atoms with E-state index >= 15 is 0 Å². The Hall–Kier alpha value is -0.740. The molecule has 1 aromatic heterocycles. The Kier molecular flexibility index (Phi) is 5.63. The molecule has 0 saturated carbocycles. The maximum atomic E-state index is 11.7. The highest BCUT2D eigenvalue weighted by Crippen LogP contribution is 2.07. The summed E-state index contributed by atoms with van der Waals surface area (Å²) >= 11 is 3.25. The van der Waals surface area contributed by atoms with Crippen molar-refractivity contribution in [2.75, 3.05) is 13.1 Å². The van der Waals surface area contributed by atoms with Crippen molar-refractivity contribution in [3.05, 3.63) is 28.5 Å². The summed E-state index contributed by atoms with van der Waals surface area (Å²) in [7, 11) is 0. The van der Waals surface area contributed by atoms with E-state index in [-0.39, 0.29) is 5.78 Å². The number of carbonyl (C=O) groups excluding carboxylic acids is 1. The van der Waals surface area contributed by atoms with Gasteiger partial charge in [-0.1, -0.05) is 19.9 Å². The lowest BCUT2D eigenvalue weighted by Gasteiger charge is -2.06. The number of pyridine rings is 1. The van der Waals surface area contributed by atoms with Crippen molar-refractivity contribution in [3.8, 4) is 0 Å². The van der Waals surface area contributed by atoms with Gasteiger partial charge in [-0.3, -0.25) is 4.79 Å². The number of carbonyl (C=O) groups is 1. The number of aromatic nitrogens is 1. The van der Waals surface area contributed by atoms with E-state index in [9.17, 15) is 4.79 Å². The largest absolute Gasteiger partial charge is 0.316 e. The topological polar surface area (TPSA) is 42.0 Å². The highest BCUT2D eigenvalue weighted by molar-refractivity contribution is 9.10. The van der Waals surface area contributed by atoms with Crippen molar-refractivity contribution in [1.29, 1.82) is 0 Å². The fourth-order valence-corrected chi connectivity index (χ4v) is 1.63. The lowest BCUT2D eigenvalue weighted by molar-refractivity contribution is 0.0977. The second kappa shape index (κ2) is 6.76. The van der Waals surface area contributed by atoms with Crippen molar-refractivity contribution in [1.82, 2.24) is 10.3 Å². The van der Waals surface area contributed by atoms with E-state index in [1.54, 1.807) is 6.07 Å². The molecule has 3 nitrogen and oxygen atoms in total. The van der Waals surface area contributed by atoms with Gasteiger partial charge in [-0.15, -0.1) is 0 Å². The van der Waals surface area contributed by atoms with Gasteiger partial charge in [0.1, 0.15) is 10.3 Å². The van der Waals surface area contributed by atoms with Crippen molar-refractivity contribution in [2.24, 2.45) is 5.92 Å². The second-order valence-electron chi connectivity index (χ2n) is 4.12. The summed E-state index contributed by atoms with van der Waals surface area (Å²) in [6.07, 6.45) is 0.496. The molecule has 1 N–H and O–H groups in total. The monoisotopic (exact) mass is 284 g/mol. The molecule has 0 atom stereocenters. The molecule has 0 aliphatic heterocycles. The molecule has 0 aliphatic rings. The third-order valence-corrected chi connectivity index (χ3v) is 2.52. The van der Waals surface area contributed by atoms with Gasteiger partial charge >= 0.3 is 0 Å². The molecular weight excluding hydrogens is 268 g/mol. The van der Waals surface area contributed by atoms with Crippen molar-refractivity contribution < 1.29 is 4.79 Å². The molecule has 0 unspecified atom stereocenters. The van der Waals surface area contributed by atoms with Crippen LogP contribution in [-0.2, 0) is 0 Å². The molecule has 88 valence electrons. The van der Waals surface area contributed by atoms with Crippen LogP contribution in [0.25, 0.3) is 0 Å². The zero-order valence-corrected chi connectivity index (χ0v) is 11.3. The Balaban J connectivity index is 2.35. The molecule has 0 amide bonds. The van der Waals surface area contributed by atoms with Crippen LogP contribution in [0.4, 0.5) is 0 Å². The third-order valence-electron chi connectivity index (χ3n) is 2.08. The van der Waals surface area contributed by atoms with Crippen LogP contribution >= 0.6 is 15.9 Å². The number of rotatable bonds is 6. The second-order valence-corrected chi connectivity index (χ2v) is 4.93. The molecule has 0 aromatic carbocycles. The van der Waals surface area contributed by atoms with Gasteiger partial charge in [0.15, 0.2) is 5.78 Å². The summed E-state index contributed by atoms with van der Waals surface area (Å²) in [6.45, 7) is 5.94. The zero-order valence-electron chi connectivity index (χ0n) is 9.66. The van der Waals surface area contributed by atoms with Crippen LogP contribution in [0.3, 0.4) is 0 Å². The van der Waals surface area contributed by atoms with Crippen LogP contribution in [0.15, 0.2) is 22.8 Å². The number of hydrogen-bond acceptors (Lipinski definition) is 3. The first-order valence-corrected chi connectivity index (χ1v) is 6.25. The summed E-state index contributed by atoms with van der Waals surface area (Å²) in [5.74, 6) is 0.691. The molecule has 0 bridgehead atoms. The van der Waals surface area contributed by atoms with Crippen LogP contribution in [0.5, 0.6) is 0 Å². The number of ketones is 1. The highest BCUT2D eigenvalue weighted by atomic mass is 79.9. The number of Topliss-reactive ketones (excluding diaryl/α,β-unsaturated/α-hetero) is 1. The minimum Gasteiger partial charge on any atom is -0.316 e. The highest BCUT2D eigenvalue weighted by Gasteiger charge is 2.07. The number of nitrogens with zero attached hydrogens (tertiary/aromatic N) is 1. The van der Waals surface area contributed by atoms with Gasteiger partial charge in [0.05, 0.1) is 0 Å². The Labute approximate surface area is 105 Å². The first-order valence-electron chi connectivity index (χ1n) is 5.46. The van der Waals surface area contributed by atoms with E-state index in [1.807, 2.05) is 12.1 Å². The molecular formula is C12H17BrN2O. The predicted molar refractivity (Wildman–Crippen MR) is 68.6 cm³/mol. The number of halogens is 1. The van der Waals surface area contributed by atoms with E-state index in [0.29, 0.717) is 29.2 Å². The average Bonchev–Trinajstić information content (AvgIpc) is 2.24. The van der Waals surface area contributed by atoms with Crippen molar-refractivity contribution >= 4 is 21.7 Å². The molecule has 0 aliphatic carbocycles. The van der Waals surface area contributed by atoms with Gasteiger partial charge in [0.2, 0.25) is 0 Å². The Morgan fingerprint density at radius 2 is 2.25 bits per heavy atom. The smallest absolute Gasteiger partial charge is 0.182 e. The molecule has 16 heavy (non-hydrogen) atoms. The van der Waals surface area contributed by atoms with Crippen LogP contribution in [-0.4, -0.2) is 23.9 Å². The SMILES string of the molecule is CC(C)CNCCC(=O)c1cccc(Br)n1. The summed E-state index contributed by atoms with van der Waals surface area (Å²) in [4.78, 5) is 15.8. The molecule has 0 radical (unpaired) electrons. The molecule has 0 fully saturated rings. The van der Waals surface area contributed by atoms with Crippen LogP contribution < -0.4 is 5.32 Å². The fourth-order valence-electron chi connectivity index (χ4n) is 1.28. The van der Waals surface area contributed by atoms with Crippen LogP contribution in [0.1, 0.15) is 30.8 Å². The molecule has 1 heterocycles. The minimum atomic E-state index is 0.0811. The molecule has 0 saturated heterocycles. The van der Waals surface area contributed by atoms with Gasteiger partial charge in [0, 0.05) is 13.0 Å². The summed E-state index contributed by atoms with van der Waals surface area (Å²) in [6, 6.07) is 5.38. The quantitative estimate of drug-likeness (QED) is 0.496. The lowest BCUT2D eigenvalue weighted by atomic mass is 10.2. The first-order chi connectivity index (χ1) is 7.59. The number of hydrogen-bond donors (Lipinski definition) is 1. The Bertz CT molecular complexity index is 353. The van der Waals surface area contributed by atoms with E-state index in [4.69, 9.17) is 0 Å². The minimum absolute atomic E-state index is 0.0811. The van der Waals surface area contributed by atoms with E-state index < -0.39 is 0 Å². The normalized spacial score (nSPS) is 10.8. The van der Waals surface area contributed by atoms with Crippen LogP contribution in [0, 0.1) is 5.92 Å². The maximum absolute atomic E-state index is 11.7. The van der Waals surface area contributed by atoms with E-state index in [2.05, 4.69) is 40.1 Å². The maximum Gasteiger partial charge on any atom is 0.182 e. The summed E-state index contributed by atoms with van der Waals surface area (Å²) < 4.78 is 0.702. The van der Waals surface area contributed by atoms with E-state index in [0.717, 1.165) is 6.54 Å². The van der Waals surface area contributed by atoms with Gasteiger partial charge in [0.25, 0.3) is 0 Å². The van der Waals surface area contributed by atoms with Gasteiger partial charge in [-0.2, -0.15) is 0 Å². The van der Waals surface area contributed by atoms with Crippen molar-refractivity contribution in [3.63, 3.8) is 0 Å².